The van der Waals surface area contributed by atoms with Gasteiger partial charge in [-0.2, -0.15) is 74.6 Å². The lowest BCUT2D eigenvalue weighted by molar-refractivity contribution is -0.459. The highest BCUT2D eigenvalue weighted by atomic mass is 19.4. The number of hydrogen-bond donors (Lipinski definition) is 0. The Bertz CT molecular complexity index is 939. The molecule has 0 aliphatic carbocycles. The normalized spacial score (nSPS) is 15.4. The molecule has 0 radical (unpaired) electrons. The van der Waals surface area contributed by atoms with Gasteiger partial charge in [0.05, 0.1) is 6.26 Å². The molecule has 0 spiro atoms. The predicted octanol–water partition coefficient (Wildman–Crippen LogP) is 6.86. The van der Waals surface area contributed by atoms with Gasteiger partial charge in [-0.15, -0.1) is 0 Å². The summed E-state index contributed by atoms with van der Waals surface area (Å²) in [7, 11) is 0. The minimum Gasteiger partial charge on any atom is -0.498 e. The molecule has 0 fully saturated rings. The van der Waals surface area contributed by atoms with Crippen molar-refractivity contribution in [3.05, 3.63) is 36.1 Å². The van der Waals surface area contributed by atoms with Gasteiger partial charge in [0.2, 0.25) is 29.0 Å². The Hall–Kier alpha value is -2.83. The summed E-state index contributed by atoms with van der Waals surface area (Å²) in [4.78, 5) is 0. The van der Waals surface area contributed by atoms with Crippen molar-refractivity contribution in [3.63, 3.8) is 0 Å². The Kier molecular flexibility index (Phi) is 8.29. The summed E-state index contributed by atoms with van der Waals surface area (Å²) in [6, 6.07) is 0. The number of alkyl halides is 13. The number of rotatable bonds is 10. The van der Waals surface area contributed by atoms with Crippen LogP contribution in [0.3, 0.4) is 0 Å². The van der Waals surface area contributed by atoms with Gasteiger partial charge in [-0.3, -0.25) is 0 Å². The molecule has 1 aromatic carbocycles. The van der Waals surface area contributed by atoms with Crippen LogP contribution in [0.2, 0.25) is 0 Å². The zero-order valence-corrected chi connectivity index (χ0v) is 16.3. The SMILES string of the molecule is C=COCCOc1c(F)c(F)c(OC(F)(C(F)(F)F)C(F)(F)C(F)(F)C(F)(F)C(F)(F)F)c(F)c1F. The molecule has 208 valence electrons. The van der Waals surface area contributed by atoms with Gasteiger partial charge in [0.1, 0.15) is 13.2 Å². The molecule has 0 amide bonds. The van der Waals surface area contributed by atoms with E-state index in [0.717, 1.165) is 0 Å². The number of benzene rings is 1. The molecule has 0 aromatic heterocycles. The fourth-order valence-corrected chi connectivity index (χ4v) is 2.10. The maximum atomic E-state index is 14.3. The average Bonchev–Trinajstić information content (AvgIpc) is 2.72. The van der Waals surface area contributed by atoms with E-state index in [1.807, 2.05) is 0 Å². The van der Waals surface area contributed by atoms with Crippen LogP contribution in [0.4, 0.5) is 74.6 Å². The third-order valence-corrected chi connectivity index (χ3v) is 3.90. The molecule has 0 saturated heterocycles. The quantitative estimate of drug-likeness (QED) is 0.133. The molecule has 0 aliphatic rings. The second-order valence-corrected chi connectivity index (χ2v) is 6.22. The van der Waals surface area contributed by atoms with Gasteiger partial charge >= 0.3 is 36.0 Å². The first kappa shape index (κ1) is 31.2. The monoisotopic (exact) mass is 570 g/mol. The van der Waals surface area contributed by atoms with Gasteiger partial charge < -0.3 is 14.2 Å². The smallest absolute Gasteiger partial charge is 0.467 e. The van der Waals surface area contributed by atoms with Crippen LogP contribution >= 0.6 is 0 Å². The van der Waals surface area contributed by atoms with Crippen LogP contribution in [0.1, 0.15) is 0 Å². The summed E-state index contributed by atoms with van der Waals surface area (Å²) in [5.74, 6) is -51.1. The first-order chi connectivity index (χ1) is 15.9. The Morgan fingerprint density at radius 3 is 1.33 bits per heavy atom. The highest BCUT2D eigenvalue weighted by Crippen LogP contribution is 2.60. The van der Waals surface area contributed by atoms with Gasteiger partial charge in [-0.25, -0.2) is 0 Å². The molecule has 0 bridgehead atoms. The van der Waals surface area contributed by atoms with E-state index in [1.165, 1.54) is 0 Å². The number of ether oxygens (including phenoxy) is 3. The maximum Gasteiger partial charge on any atom is 0.467 e. The summed E-state index contributed by atoms with van der Waals surface area (Å²) in [5.41, 5.74) is 0. The van der Waals surface area contributed by atoms with E-state index in [4.69, 9.17) is 0 Å². The topological polar surface area (TPSA) is 27.7 Å². The molecule has 36 heavy (non-hydrogen) atoms. The Balaban J connectivity index is 3.76. The van der Waals surface area contributed by atoms with Crippen molar-refractivity contribution < 1.29 is 88.8 Å². The third-order valence-electron chi connectivity index (χ3n) is 3.90. The van der Waals surface area contributed by atoms with Crippen molar-refractivity contribution in [1.29, 1.82) is 0 Å². The lowest BCUT2D eigenvalue weighted by Gasteiger charge is -2.40. The molecule has 3 nitrogen and oxygen atoms in total. The first-order valence-electron chi connectivity index (χ1n) is 8.30. The van der Waals surface area contributed by atoms with Crippen LogP contribution in [0, 0.1) is 23.3 Å². The van der Waals surface area contributed by atoms with Crippen molar-refractivity contribution in [1.82, 2.24) is 0 Å². The highest BCUT2D eigenvalue weighted by Gasteiger charge is 2.92. The Morgan fingerprint density at radius 2 is 0.972 bits per heavy atom. The zero-order valence-electron chi connectivity index (χ0n) is 16.3. The molecular weight excluding hydrogens is 563 g/mol. The fraction of sp³-hybridized carbons (Fsp3) is 0.500. The van der Waals surface area contributed by atoms with Crippen molar-refractivity contribution in [3.8, 4) is 11.5 Å². The van der Waals surface area contributed by atoms with Crippen molar-refractivity contribution >= 4 is 0 Å². The largest absolute Gasteiger partial charge is 0.498 e. The lowest BCUT2D eigenvalue weighted by Crippen LogP contribution is -2.72. The molecule has 0 aliphatic heterocycles. The van der Waals surface area contributed by atoms with Crippen molar-refractivity contribution in [2.45, 2.75) is 36.0 Å². The summed E-state index contributed by atoms with van der Waals surface area (Å²) >= 11 is 0. The minimum absolute atomic E-state index is 0.653. The van der Waals surface area contributed by atoms with Gasteiger partial charge in [0.15, 0.2) is 5.75 Å². The van der Waals surface area contributed by atoms with Gasteiger partial charge in [-0.1, -0.05) is 6.58 Å². The fourth-order valence-electron chi connectivity index (χ4n) is 2.10. The van der Waals surface area contributed by atoms with Crippen LogP contribution < -0.4 is 9.47 Å². The van der Waals surface area contributed by atoms with E-state index in [2.05, 4.69) is 20.8 Å². The molecule has 0 N–H and O–H groups in total. The number of halogens is 17. The van der Waals surface area contributed by atoms with E-state index in [-0.39, 0.29) is 0 Å². The van der Waals surface area contributed by atoms with E-state index in [9.17, 15) is 74.6 Å². The molecule has 1 aromatic rings. The van der Waals surface area contributed by atoms with Crippen LogP contribution in [0.5, 0.6) is 11.5 Å². The van der Waals surface area contributed by atoms with E-state index in [0.29, 0.717) is 6.26 Å². The molecule has 20 heteroatoms. The molecule has 1 atom stereocenters. The van der Waals surface area contributed by atoms with Gasteiger partial charge in [0.25, 0.3) is 0 Å². The summed E-state index contributed by atoms with van der Waals surface area (Å²) in [6.07, 6.45) is -14.8. The molecular formula is C16H7F17O3. The summed E-state index contributed by atoms with van der Waals surface area (Å²) in [6.45, 7) is 1.34. The minimum atomic E-state index is -8.37. The lowest BCUT2D eigenvalue weighted by atomic mass is 9.96. The van der Waals surface area contributed by atoms with Crippen LogP contribution in [0.25, 0.3) is 0 Å². The van der Waals surface area contributed by atoms with Gasteiger partial charge in [-0.05, 0) is 0 Å². The average molecular weight is 570 g/mol. The molecule has 1 rings (SSSR count). The van der Waals surface area contributed by atoms with Crippen molar-refractivity contribution in [2.75, 3.05) is 13.2 Å². The zero-order chi connectivity index (χ0) is 28.7. The molecule has 1 unspecified atom stereocenters. The van der Waals surface area contributed by atoms with E-state index in [1.54, 1.807) is 0 Å². The predicted molar refractivity (Wildman–Crippen MR) is 79.3 cm³/mol. The standard InChI is InChI=1S/C16H7F17O3/c1-2-34-3-4-35-9-5(17)7(19)10(8(20)6(9)18)36-14(27,16(31,32)33)12(23,24)11(21,22)13(25,26)15(28,29)30/h2H,1,3-4H2. The second-order valence-electron chi connectivity index (χ2n) is 6.22. The third kappa shape index (κ3) is 4.76. The van der Waals surface area contributed by atoms with E-state index >= 15 is 0 Å². The molecule has 0 heterocycles. The summed E-state index contributed by atoms with van der Waals surface area (Å²) in [5, 5.41) is 0. The van der Waals surface area contributed by atoms with Crippen LogP contribution in [-0.2, 0) is 4.74 Å². The van der Waals surface area contributed by atoms with Crippen molar-refractivity contribution in [2.24, 2.45) is 0 Å². The van der Waals surface area contributed by atoms with Gasteiger partial charge in [0, 0.05) is 0 Å². The highest BCUT2D eigenvalue weighted by molar-refractivity contribution is 5.39. The summed E-state index contributed by atoms with van der Waals surface area (Å²) < 4.78 is 237. The number of hydrogen-bond acceptors (Lipinski definition) is 3. The second kappa shape index (κ2) is 9.56. The van der Waals surface area contributed by atoms with Crippen LogP contribution in [-0.4, -0.2) is 49.2 Å². The first-order valence-corrected chi connectivity index (χ1v) is 8.30. The maximum absolute atomic E-state index is 14.3. The van der Waals surface area contributed by atoms with E-state index < -0.39 is 84.0 Å². The Morgan fingerprint density at radius 1 is 0.556 bits per heavy atom. The Labute approximate surface area is 187 Å². The van der Waals surface area contributed by atoms with Crippen LogP contribution in [0.15, 0.2) is 12.8 Å². The molecule has 0 saturated carbocycles.